The van der Waals surface area contributed by atoms with E-state index in [-0.39, 0.29) is 5.69 Å². The minimum absolute atomic E-state index is 0.0818. The monoisotopic (exact) mass is 283 g/mol. The third-order valence-electron chi connectivity index (χ3n) is 3.22. The predicted molar refractivity (Wildman–Crippen MR) is 78.9 cm³/mol. The third kappa shape index (κ3) is 2.53. The highest BCUT2D eigenvalue weighted by molar-refractivity contribution is 5.85. The normalized spacial score (nSPS) is 10.7. The van der Waals surface area contributed by atoms with Gasteiger partial charge in [-0.05, 0) is 11.6 Å². The van der Waals surface area contributed by atoms with Gasteiger partial charge in [0.1, 0.15) is 5.52 Å². The molecule has 3 aromatic rings. The van der Waals surface area contributed by atoms with Crippen LogP contribution in [0.2, 0.25) is 0 Å². The average molecular weight is 283 g/mol. The summed E-state index contributed by atoms with van der Waals surface area (Å²) in [5.41, 5.74) is 2.66. The van der Waals surface area contributed by atoms with Crippen molar-refractivity contribution in [1.82, 2.24) is 14.5 Å². The van der Waals surface area contributed by atoms with E-state index in [0.29, 0.717) is 12.4 Å². The van der Waals surface area contributed by atoms with Crippen molar-refractivity contribution in [2.45, 2.75) is 6.54 Å². The Morgan fingerprint density at radius 1 is 1.33 bits per heavy atom. The molecule has 0 aliphatic rings. The molecule has 2 heterocycles. The van der Waals surface area contributed by atoms with Gasteiger partial charge in [0.25, 0.3) is 5.69 Å². The summed E-state index contributed by atoms with van der Waals surface area (Å²) in [6.45, 7) is 0.449. The Hall–Kier alpha value is -2.96. The number of rotatable bonds is 4. The number of imidazole rings is 1. The first-order valence-corrected chi connectivity index (χ1v) is 6.38. The number of hydrogen-bond acceptors (Lipinski definition) is 5. The molecule has 0 spiro atoms. The second-order valence-corrected chi connectivity index (χ2v) is 4.66. The molecule has 0 unspecified atom stereocenters. The Labute approximate surface area is 120 Å². The third-order valence-corrected chi connectivity index (χ3v) is 3.22. The summed E-state index contributed by atoms with van der Waals surface area (Å²) in [6, 6.07) is 8.41. The summed E-state index contributed by atoms with van der Waals surface area (Å²) < 4.78 is 1.91. The van der Waals surface area contributed by atoms with Crippen LogP contribution in [0.4, 0.5) is 11.5 Å². The maximum absolute atomic E-state index is 10.8. The van der Waals surface area contributed by atoms with Crippen LogP contribution in [0, 0.1) is 10.1 Å². The van der Waals surface area contributed by atoms with Gasteiger partial charge in [-0.3, -0.25) is 10.1 Å². The van der Waals surface area contributed by atoms with E-state index in [1.807, 2.05) is 23.7 Å². The van der Waals surface area contributed by atoms with Crippen LogP contribution >= 0.6 is 0 Å². The van der Waals surface area contributed by atoms with Gasteiger partial charge in [-0.15, -0.1) is 0 Å². The molecule has 0 bridgehead atoms. The number of non-ortho nitro benzene ring substituents is 1. The van der Waals surface area contributed by atoms with E-state index in [2.05, 4.69) is 15.3 Å². The number of benzene rings is 1. The first-order valence-electron chi connectivity index (χ1n) is 6.38. The van der Waals surface area contributed by atoms with Gasteiger partial charge < -0.3 is 9.88 Å². The molecular formula is C14H13N5O2. The quantitative estimate of drug-likeness (QED) is 0.587. The van der Waals surface area contributed by atoms with Crippen molar-refractivity contribution in [1.29, 1.82) is 0 Å². The van der Waals surface area contributed by atoms with Crippen molar-refractivity contribution < 1.29 is 4.92 Å². The molecule has 7 heteroatoms. The minimum atomic E-state index is -0.402. The number of pyridine rings is 1. The number of nitro benzene ring substituents is 1. The number of nitrogens with one attached hydrogen (secondary N) is 1. The molecule has 3 rings (SSSR count). The number of fused-ring (bicyclic) bond motifs is 1. The molecule has 0 saturated carbocycles. The zero-order valence-corrected chi connectivity index (χ0v) is 11.4. The summed E-state index contributed by atoms with van der Waals surface area (Å²) >= 11 is 0. The molecule has 0 aliphatic heterocycles. The fourth-order valence-corrected chi connectivity index (χ4v) is 2.16. The van der Waals surface area contributed by atoms with Gasteiger partial charge in [0.05, 0.1) is 16.8 Å². The molecule has 0 saturated heterocycles. The van der Waals surface area contributed by atoms with Gasteiger partial charge in [0, 0.05) is 31.9 Å². The SMILES string of the molecule is Cn1cnc2c(NCc3cccc([N+](=O)[O-])c3)nccc21. The minimum Gasteiger partial charge on any atom is -0.364 e. The molecule has 0 atom stereocenters. The van der Waals surface area contributed by atoms with Crippen LogP contribution in [0.15, 0.2) is 42.9 Å². The Balaban J connectivity index is 1.83. The second-order valence-electron chi connectivity index (χ2n) is 4.66. The Bertz CT molecular complexity index is 812. The lowest BCUT2D eigenvalue weighted by molar-refractivity contribution is -0.384. The van der Waals surface area contributed by atoms with Crippen molar-refractivity contribution in [3.05, 3.63) is 58.5 Å². The lowest BCUT2D eigenvalue weighted by atomic mass is 10.2. The molecule has 1 aromatic carbocycles. The topological polar surface area (TPSA) is 85.9 Å². The van der Waals surface area contributed by atoms with Crippen molar-refractivity contribution in [2.24, 2.45) is 7.05 Å². The molecule has 7 nitrogen and oxygen atoms in total. The maximum Gasteiger partial charge on any atom is 0.269 e. The molecule has 2 aromatic heterocycles. The lowest BCUT2D eigenvalue weighted by Gasteiger charge is -2.06. The van der Waals surface area contributed by atoms with Crippen LogP contribution in [0.3, 0.4) is 0 Å². The van der Waals surface area contributed by atoms with Gasteiger partial charge in [-0.2, -0.15) is 0 Å². The average Bonchev–Trinajstić information content (AvgIpc) is 2.88. The summed E-state index contributed by atoms with van der Waals surface area (Å²) in [5.74, 6) is 0.666. The van der Waals surface area contributed by atoms with Gasteiger partial charge in [0.15, 0.2) is 5.82 Å². The molecule has 1 N–H and O–H groups in total. The summed E-state index contributed by atoms with van der Waals surface area (Å²) in [7, 11) is 1.92. The highest BCUT2D eigenvalue weighted by Crippen LogP contribution is 2.20. The molecule has 0 fully saturated rings. The van der Waals surface area contributed by atoms with Crippen LogP contribution in [0.1, 0.15) is 5.56 Å². The molecule has 106 valence electrons. The largest absolute Gasteiger partial charge is 0.364 e. The van der Waals surface area contributed by atoms with Crippen LogP contribution in [0.25, 0.3) is 11.0 Å². The fraction of sp³-hybridized carbons (Fsp3) is 0.143. The number of hydrogen-bond donors (Lipinski definition) is 1. The van der Waals surface area contributed by atoms with E-state index in [1.165, 1.54) is 6.07 Å². The summed E-state index contributed by atoms with van der Waals surface area (Å²) in [4.78, 5) is 18.9. The van der Waals surface area contributed by atoms with Gasteiger partial charge in [-0.1, -0.05) is 12.1 Å². The second kappa shape index (κ2) is 5.20. The smallest absolute Gasteiger partial charge is 0.269 e. The first kappa shape index (κ1) is 13.0. The van der Waals surface area contributed by atoms with Crippen LogP contribution < -0.4 is 5.32 Å². The van der Waals surface area contributed by atoms with E-state index in [0.717, 1.165) is 16.6 Å². The van der Waals surface area contributed by atoms with Crippen LogP contribution in [-0.2, 0) is 13.6 Å². The standard InChI is InChI=1S/C14H13N5O2/c1-18-9-17-13-12(18)5-6-15-14(13)16-8-10-3-2-4-11(7-10)19(20)21/h2-7,9H,8H2,1H3,(H,15,16). The molecule has 0 amide bonds. The first-order chi connectivity index (χ1) is 10.1. The van der Waals surface area contributed by atoms with Crippen molar-refractivity contribution in [3.8, 4) is 0 Å². The van der Waals surface area contributed by atoms with E-state index in [9.17, 15) is 10.1 Å². The molecule has 0 radical (unpaired) electrons. The maximum atomic E-state index is 10.8. The lowest BCUT2D eigenvalue weighted by Crippen LogP contribution is -2.02. The van der Waals surface area contributed by atoms with Crippen LogP contribution in [-0.4, -0.2) is 19.5 Å². The molecule has 21 heavy (non-hydrogen) atoms. The Kier molecular flexibility index (Phi) is 3.23. The highest BCUT2D eigenvalue weighted by Gasteiger charge is 2.08. The van der Waals surface area contributed by atoms with Crippen molar-refractivity contribution in [2.75, 3.05) is 5.32 Å². The summed E-state index contributed by atoms with van der Waals surface area (Å²) in [6.07, 6.45) is 3.44. The van der Waals surface area contributed by atoms with Gasteiger partial charge in [-0.25, -0.2) is 9.97 Å². The Morgan fingerprint density at radius 2 is 2.19 bits per heavy atom. The highest BCUT2D eigenvalue weighted by atomic mass is 16.6. The van der Waals surface area contributed by atoms with Crippen molar-refractivity contribution >= 4 is 22.5 Å². The molecular weight excluding hydrogens is 270 g/mol. The zero-order chi connectivity index (χ0) is 14.8. The van der Waals surface area contributed by atoms with Gasteiger partial charge >= 0.3 is 0 Å². The fourth-order valence-electron chi connectivity index (χ4n) is 2.16. The zero-order valence-electron chi connectivity index (χ0n) is 11.4. The number of aryl methyl sites for hydroxylation is 1. The Morgan fingerprint density at radius 3 is 3.00 bits per heavy atom. The summed E-state index contributed by atoms with van der Waals surface area (Å²) in [5, 5.41) is 13.9. The van der Waals surface area contributed by atoms with Gasteiger partial charge in [0.2, 0.25) is 0 Å². The van der Waals surface area contributed by atoms with E-state index < -0.39 is 4.92 Å². The van der Waals surface area contributed by atoms with E-state index in [4.69, 9.17) is 0 Å². The number of nitrogens with zero attached hydrogens (tertiary/aromatic N) is 4. The number of aromatic nitrogens is 3. The van der Waals surface area contributed by atoms with Crippen LogP contribution in [0.5, 0.6) is 0 Å². The number of anilines is 1. The van der Waals surface area contributed by atoms with E-state index in [1.54, 1.807) is 24.7 Å². The molecule has 0 aliphatic carbocycles. The van der Waals surface area contributed by atoms with Crippen molar-refractivity contribution in [3.63, 3.8) is 0 Å². The predicted octanol–water partition coefficient (Wildman–Crippen LogP) is 2.49. The van der Waals surface area contributed by atoms with E-state index >= 15 is 0 Å². The number of nitro groups is 1.